The van der Waals surface area contributed by atoms with Crippen LogP contribution < -0.4 is 11.5 Å². The predicted octanol–water partition coefficient (Wildman–Crippen LogP) is 0.936. The first kappa shape index (κ1) is 17.5. The van der Waals surface area contributed by atoms with Crippen LogP contribution in [0.1, 0.15) is 24.8 Å². The molecule has 0 amide bonds. The number of nitrogen functional groups attached to an aromatic ring is 1. The van der Waals surface area contributed by atoms with Gasteiger partial charge in [-0.25, -0.2) is 23.4 Å². The second kappa shape index (κ2) is 5.28. The minimum absolute atomic E-state index is 0.167. The van der Waals surface area contributed by atoms with Crippen LogP contribution in [0.15, 0.2) is 35.6 Å². The van der Waals surface area contributed by atoms with Gasteiger partial charge in [-0.05, 0) is 43.9 Å². The Balaban J connectivity index is 1.56. The first-order valence-electron chi connectivity index (χ1n) is 8.98. The van der Waals surface area contributed by atoms with E-state index in [0.29, 0.717) is 17.0 Å². The second-order valence-corrected chi connectivity index (χ2v) is 10.1. The highest BCUT2D eigenvalue weighted by atomic mass is 32.2. The van der Waals surface area contributed by atoms with Gasteiger partial charge in [-0.2, -0.15) is 4.31 Å². The van der Waals surface area contributed by atoms with Gasteiger partial charge in [0, 0.05) is 29.9 Å². The molecule has 3 fully saturated rings. The van der Waals surface area contributed by atoms with Crippen molar-refractivity contribution < 1.29 is 8.42 Å². The number of anilines is 1. The Morgan fingerprint density at radius 1 is 1.21 bits per heavy atom. The van der Waals surface area contributed by atoms with Gasteiger partial charge in [0.25, 0.3) is 0 Å². The molecule has 6 rings (SSSR count). The predicted molar refractivity (Wildman–Crippen MR) is 104 cm³/mol. The first-order chi connectivity index (χ1) is 13.1. The van der Waals surface area contributed by atoms with Crippen molar-refractivity contribution in [2.75, 3.05) is 12.8 Å². The summed E-state index contributed by atoms with van der Waals surface area (Å²) in [4.78, 5) is 12.8. The van der Waals surface area contributed by atoms with E-state index in [1.807, 2.05) is 6.92 Å². The summed E-state index contributed by atoms with van der Waals surface area (Å²) in [6.45, 7) is 1.91. The highest BCUT2D eigenvalue weighted by Crippen LogP contribution is 2.62. The molecule has 3 aliphatic rings. The Labute approximate surface area is 162 Å². The van der Waals surface area contributed by atoms with E-state index in [0.717, 1.165) is 24.8 Å². The molecule has 0 spiro atoms. The van der Waals surface area contributed by atoms with Crippen LogP contribution in [0, 0.1) is 6.92 Å². The number of aromatic nitrogens is 4. The number of fused-ring (bicyclic) bond motifs is 1. The van der Waals surface area contributed by atoms with Gasteiger partial charge in [-0.15, -0.1) is 0 Å². The van der Waals surface area contributed by atoms with Crippen molar-refractivity contribution in [3.8, 4) is 11.3 Å². The van der Waals surface area contributed by atoms with Crippen molar-refractivity contribution in [2.45, 2.75) is 42.2 Å². The van der Waals surface area contributed by atoms with Gasteiger partial charge in [0.1, 0.15) is 6.33 Å². The fraction of sp³-hybridized carbons (Fsp3) is 0.389. The molecule has 0 unspecified atom stereocenters. The third-order valence-corrected chi connectivity index (χ3v) is 8.11. The smallest absolute Gasteiger partial charge is 0.243 e. The summed E-state index contributed by atoms with van der Waals surface area (Å²) in [6.07, 6.45) is 5.22. The van der Waals surface area contributed by atoms with Gasteiger partial charge in [0.05, 0.1) is 10.6 Å². The van der Waals surface area contributed by atoms with Crippen LogP contribution in [0.2, 0.25) is 0 Å². The van der Waals surface area contributed by atoms with Crippen LogP contribution in [0.25, 0.3) is 17.0 Å². The van der Waals surface area contributed by atoms with Gasteiger partial charge in [-0.3, -0.25) is 4.40 Å². The fourth-order valence-corrected chi connectivity index (χ4v) is 6.08. The van der Waals surface area contributed by atoms with Crippen molar-refractivity contribution in [3.05, 3.63) is 36.3 Å². The third kappa shape index (κ3) is 2.25. The van der Waals surface area contributed by atoms with Crippen LogP contribution in [0.4, 0.5) is 5.95 Å². The van der Waals surface area contributed by atoms with Gasteiger partial charge in [0.2, 0.25) is 21.7 Å². The zero-order valence-electron chi connectivity index (χ0n) is 15.6. The third-order valence-electron chi connectivity index (χ3n) is 6.15. The lowest BCUT2D eigenvalue weighted by Gasteiger charge is -2.71. The molecule has 0 saturated heterocycles. The average Bonchev–Trinajstić information content (AvgIpc) is 3.03. The van der Waals surface area contributed by atoms with Crippen LogP contribution >= 0.6 is 0 Å². The van der Waals surface area contributed by atoms with Crippen molar-refractivity contribution in [1.82, 2.24) is 23.7 Å². The summed E-state index contributed by atoms with van der Waals surface area (Å²) in [5.74, 6) is 0.679. The summed E-state index contributed by atoms with van der Waals surface area (Å²) in [7, 11) is -1.99. The van der Waals surface area contributed by atoms with Crippen LogP contribution in [0.5, 0.6) is 0 Å². The molecule has 0 aliphatic heterocycles. The van der Waals surface area contributed by atoms with Gasteiger partial charge in [0.15, 0.2) is 0 Å². The molecule has 2 aromatic heterocycles. The van der Waals surface area contributed by atoms with E-state index in [1.54, 1.807) is 35.8 Å². The quantitative estimate of drug-likeness (QED) is 0.667. The Morgan fingerprint density at radius 3 is 2.57 bits per heavy atom. The van der Waals surface area contributed by atoms with Crippen LogP contribution in [-0.2, 0) is 10.0 Å². The number of aryl methyl sites for hydroxylation is 1. The Kier molecular flexibility index (Phi) is 3.30. The summed E-state index contributed by atoms with van der Waals surface area (Å²) in [6, 6.07) is 5.09. The van der Waals surface area contributed by atoms with Crippen molar-refractivity contribution in [1.29, 1.82) is 0 Å². The number of benzene rings is 1. The zero-order valence-corrected chi connectivity index (χ0v) is 16.4. The SMILES string of the molecule is Cc1ccc(S(=O)(=O)N(C)C23CC(N)(C2)C3)cc1-c1cn2c(N)ncnc2n1. The highest BCUT2D eigenvalue weighted by molar-refractivity contribution is 7.89. The molecule has 2 bridgehead atoms. The highest BCUT2D eigenvalue weighted by Gasteiger charge is 2.69. The summed E-state index contributed by atoms with van der Waals surface area (Å²) >= 11 is 0. The number of hydrogen-bond donors (Lipinski definition) is 2. The zero-order chi connectivity index (χ0) is 19.9. The number of sulfonamides is 1. The molecule has 0 atom stereocenters. The van der Waals surface area contributed by atoms with Crippen molar-refractivity contribution >= 4 is 21.7 Å². The Hall–Kier alpha value is -2.56. The van der Waals surface area contributed by atoms with E-state index in [2.05, 4.69) is 15.0 Å². The molecule has 2 heterocycles. The maximum Gasteiger partial charge on any atom is 0.243 e. The number of rotatable bonds is 4. The number of imidazole rings is 1. The maximum atomic E-state index is 13.2. The topological polar surface area (TPSA) is 132 Å². The Morgan fingerprint density at radius 2 is 1.93 bits per heavy atom. The van der Waals surface area contributed by atoms with Gasteiger partial charge in [-0.1, -0.05) is 6.07 Å². The molecule has 146 valence electrons. The van der Waals surface area contributed by atoms with E-state index in [-0.39, 0.29) is 21.9 Å². The molecule has 9 nitrogen and oxygen atoms in total. The van der Waals surface area contributed by atoms with E-state index in [4.69, 9.17) is 11.5 Å². The van der Waals surface area contributed by atoms with E-state index < -0.39 is 10.0 Å². The van der Waals surface area contributed by atoms with E-state index in [1.165, 1.54) is 10.6 Å². The molecular weight excluding hydrogens is 378 g/mol. The lowest BCUT2D eigenvalue weighted by Crippen LogP contribution is -2.82. The van der Waals surface area contributed by atoms with E-state index >= 15 is 0 Å². The molecule has 3 aromatic rings. The minimum Gasteiger partial charge on any atom is -0.369 e. The molecule has 10 heteroatoms. The second-order valence-electron chi connectivity index (χ2n) is 8.09. The number of hydrogen-bond acceptors (Lipinski definition) is 7. The molecule has 0 radical (unpaired) electrons. The standard InChI is InChI=1S/C18H21N7O2S/c1-11-3-4-12(28(26,27)24(2)18-7-17(20,8-18)9-18)5-13(11)14-6-25-15(19)21-10-22-16(25)23-14/h3-6,10H,7-9,20H2,1-2H3,(H2,19,21,22,23). The monoisotopic (exact) mass is 399 g/mol. The van der Waals surface area contributed by atoms with Crippen molar-refractivity contribution in [3.63, 3.8) is 0 Å². The average molecular weight is 399 g/mol. The summed E-state index contributed by atoms with van der Waals surface area (Å²) < 4.78 is 29.5. The maximum absolute atomic E-state index is 13.2. The molecular formula is C18H21N7O2S. The molecule has 3 aliphatic carbocycles. The summed E-state index contributed by atoms with van der Waals surface area (Å²) in [5.41, 5.74) is 13.7. The number of nitrogens with two attached hydrogens (primary N) is 2. The lowest BCUT2D eigenvalue weighted by molar-refractivity contribution is -0.118. The molecule has 4 N–H and O–H groups in total. The van der Waals surface area contributed by atoms with Gasteiger partial charge < -0.3 is 11.5 Å². The van der Waals surface area contributed by atoms with E-state index in [9.17, 15) is 8.42 Å². The summed E-state index contributed by atoms with van der Waals surface area (Å²) in [5, 5.41) is 0. The molecule has 1 aromatic carbocycles. The molecule has 28 heavy (non-hydrogen) atoms. The molecule has 3 saturated carbocycles. The Bertz CT molecular complexity index is 1210. The largest absolute Gasteiger partial charge is 0.369 e. The fourth-order valence-electron chi connectivity index (χ4n) is 4.56. The minimum atomic E-state index is -3.64. The number of nitrogens with zero attached hydrogens (tertiary/aromatic N) is 5. The van der Waals surface area contributed by atoms with Gasteiger partial charge >= 0.3 is 0 Å². The van der Waals surface area contributed by atoms with Crippen LogP contribution in [-0.4, -0.2) is 50.2 Å². The normalized spacial score (nSPS) is 26.3. The van der Waals surface area contributed by atoms with Crippen LogP contribution in [0.3, 0.4) is 0 Å². The first-order valence-corrected chi connectivity index (χ1v) is 10.4. The lowest BCUT2D eigenvalue weighted by atomic mass is 9.45. The van der Waals surface area contributed by atoms with Crippen molar-refractivity contribution in [2.24, 2.45) is 5.73 Å².